The van der Waals surface area contributed by atoms with Gasteiger partial charge in [-0.3, -0.25) is 15.1 Å². The number of nitro groups is 1. The summed E-state index contributed by atoms with van der Waals surface area (Å²) in [6, 6.07) is 12.6. The number of para-hydroxylation sites is 1. The van der Waals surface area contributed by atoms with Crippen LogP contribution in [0.2, 0.25) is 0 Å². The summed E-state index contributed by atoms with van der Waals surface area (Å²) in [5.41, 5.74) is 1.81. The zero-order chi connectivity index (χ0) is 21.1. The molecule has 0 fully saturated rings. The molecule has 0 saturated carbocycles. The second kappa shape index (κ2) is 11.5. The Bertz CT molecular complexity index is 839. The van der Waals surface area contributed by atoms with Crippen LogP contribution < -0.4 is 20.1 Å². The Morgan fingerprint density at radius 2 is 1.79 bits per heavy atom. The Kier molecular flexibility index (Phi) is 8.75. The van der Waals surface area contributed by atoms with Crippen LogP contribution >= 0.6 is 0 Å². The normalized spacial score (nSPS) is 11.1. The minimum absolute atomic E-state index is 0.0910. The molecule has 8 heteroatoms. The number of ether oxygens (including phenoxy) is 2. The maximum atomic E-state index is 11.1. The minimum atomic E-state index is -0.380. The lowest BCUT2D eigenvalue weighted by Crippen LogP contribution is -2.38. The van der Waals surface area contributed by atoms with Crippen LogP contribution in [-0.2, 0) is 13.0 Å². The topological polar surface area (TPSA) is 98.0 Å². The Labute approximate surface area is 171 Å². The van der Waals surface area contributed by atoms with E-state index in [0.717, 1.165) is 23.5 Å². The van der Waals surface area contributed by atoms with Crippen LogP contribution in [0.3, 0.4) is 0 Å². The number of rotatable bonds is 10. The van der Waals surface area contributed by atoms with Crippen LogP contribution in [-0.4, -0.2) is 37.7 Å². The van der Waals surface area contributed by atoms with Crippen LogP contribution in [0.15, 0.2) is 47.5 Å². The molecule has 156 valence electrons. The van der Waals surface area contributed by atoms with Gasteiger partial charge < -0.3 is 20.1 Å². The van der Waals surface area contributed by atoms with Gasteiger partial charge >= 0.3 is 0 Å². The molecule has 29 heavy (non-hydrogen) atoms. The molecule has 0 aromatic heterocycles. The van der Waals surface area contributed by atoms with E-state index in [1.807, 2.05) is 32.0 Å². The first kappa shape index (κ1) is 22.0. The van der Waals surface area contributed by atoms with Gasteiger partial charge in [0.2, 0.25) is 0 Å². The van der Waals surface area contributed by atoms with E-state index in [4.69, 9.17) is 9.47 Å². The van der Waals surface area contributed by atoms with E-state index in [1.165, 1.54) is 6.07 Å². The summed E-state index contributed by atoms with van der Waals surface area (Å²) in [7, 11) is 1.67. The molecular formula is C21H28N4O4. The predicted molar refractivity (Wildman–Crippen MR) is 114 cm³/mol. The second-order valence-electron chi connectivity index (χ2n) is 6.14. The number of nitrogens with one attached hydrogen (secondary N) is 2. The van der Waals surface area contributed by atoms with E-state index < -0.39 is 0 Å². The van der Waals surface area contributed by atoms with Gasteiger partial charge in [0.1, 0.15) is 0 Å². The van der Waals surface area contributed by atoms with Crippen molar-refractivity contribution < 1.29 is 14.4 Å². The Hall–Kier alpha value is -3.29. The SMILES string of the molecule is CCOc1ccc(CCNC(=NC)NCc2ccccc2[N+](=O)[O-])cc1OCC. The highest BCUT2D eigenvalue weighted by molar-refractivity contribution is 5.79. The number of hydrogen-bond acceptors (Lipinski definition) is 5. The Balaban J connectivity index is 1.90. The molecule has 0 saturated heterocycles. The van der Waals surface area contributed by atoms with Crippen molar-refractivity contribution in [1.29, 1.82) is 0 Å². The molecule has 0 amide bonds. The number of nitrogens with zero attached hydrogens (tertiary/aromatic N) is 2. The Morgan fingerprint density at radius 3 is 2.48 bits per heavy atom. The summed E-state index contributed by atoms with van der Waals surface area (Å²) in [5, 5.41) is 17.5. The summed E-state index contributed by atoms with van der Waals surface area (Å²) in [6.45, 7) is 6.00. The molecule has 0 aliphatic heterocycles. The molecular weight excluding hydrogens is 372 g/mol. The van der Waals surface area contributed by atoms with Crippen molar-refractivity contribution in [2.75, 3.05) is 26.8 Å². The van der Waals surface area contributed by atoms with Gasteiger partial charge in [-0.25, -0.2) is 0 Å². The maximum Gasteiger partial charge on any atom is 0.274 e. The highest BCUT2D eigenvalue weighted by atomic mass is 16.6. The smallest absolute Gasteiger partial charge is 0.274 e. The third kappa shape index (κ3) is 6.67. The predicted octanol–water partition coefficient (Wildman–Crippen LogP) is 3.30. The summed E-state index contributed by atoms with van der Waals surface area (Å²) >= 11 is 0. The van der Waals surface area contributed by atoms with Gasteiger partial charge in [-0.05, 0) is 38.0 Å². The summed E-state index contributed by atoms with van der Waals surface area (Å²) in [5.74, 6) is 2.07. The van der Waals surface area contributed by atoms with Crippen molar-refractivity contribution in [1.82, 2.24) is 10.6 Å². The molecule has 0 bridgehead atoms. The first-order chi connectivity index (χ1) is 14.1. The van der Waals surface area contributed by atoms with E-state index in [1.54, 1.807) is 25.2 Å². The largest absolute Gasteiger partial charge is 0.490 e. The standard InChI is InChI=1S/C21H28N4O4/c1-4-28-19-11-10-16(14-20(19)29-5-2)12-13-23-21(22-3)24-15-17-8-6-7-9-18(17)25(26)27/h6-11,14H,4-5,12-13,15H2,1-3H3,(H2,22,23,24). The molecule has 0 aliphatic rings. The molecule has 0 radical (unpaired) electrons. The van der Waals surface area contributed by atoms with Crippen molar-refractivity contribution in [2.45, 2.75) is 26.8 Å². The zero-order valence-electron chi connectivity index (χ0n) is 17.1. The third-order valence-corrected chi connectivity index (χ3v) is 4.17. The van der Waals surface area contributed by atoms with Crippen LogP contribution in [0.4, 0.5) is 5.69 Å². The monoisotopic (exact) mass is 400 g/mol. The Morgan fingerprint density at radius 1 is 1.07 bits per heavy atom. The van der Waals surface area contributed by atoms with Gasteiger partial charge in [0.15, 0.2) is 17.5 Å². The lowest BCUT2D eigenvalue weighted by Gasteiger charge is -2.14. The highest BCUT2D eigenvalue weighted by Gasteiger charge is 2.12. The third-order valence-electron chi connectivity index (χ3n) is 4.17. The fourth-order valence-electron chi connectivity index (χ4n) is 2.81. The summed E-state index contributed by atoms with van der Waals surface area (Å²) in [4.78, 5) is 14.9. The molecule has 2 rings (SSSR count). The van der Waals surface area contributed by atoms with Gasteiger partial charge in [-0.1, -0.05) is 24.3 Å². The van der Waals surface area contributed by atoms with Crippen molar-refractivity contribution in [3.63, 3.8) is 0 Å². The van der Waals surface area contributed by atoms with Gasteiger partial charge in [-0.2, -0.15) is 0 Å². The summed E-state index contributed by atoms with van der Waals surface area (Å²) < 4.78 is 11.2. The minimum Gasteiger partial charge on any atom is -0.490 e. The van der Waals surface area contributed by atoms with Gasteiger partial charge in [0, 0.05) is 31.8 Å². The molecule has 8 nitrogen and oxygen atoms in total. The molecule has 2 aromatic rings. The fourth-order valence-corrected chi connectivity index (χ4v) is 2.81. The quantitative estimate of drug-likeness (QED) is 0.275. The van der Waals surface area contributed by atoms with Crippen LogP contribution in [0.1, 0.15) is 25.0 Å². The molecule has 0 unspecified atom stereocenters. The van der Waals surface area contributed by atoms with Crippen molar-refractivity contribution in [3.05, 3.63) is 63.7 Å². The van der Waals surface area contributed by atoms with Crippen molar-refractivity contribution in [2.24, 2.45) is 4.99 Å². The first-order valence-corrected chi connectivity index (χ1v) is 9.64. The van der Waals surface area contributed by atoms with Crippen molar-refractivity contribution in [3.8, 4) is 11.5 Å². The van der Waals surface area contributed by atoms with E-state index in [0.29, 0.717) is 37.8 Å². The number of hydrogen-bond donors (Lipinski definition) is 2. The fraction of sp³-hybridized carbons (Fsp3) is 0.381. The maximum absolute atomic E-state index is 11.1. The molecule has 0 atom stereocenters. The van der Waals surface area contributed by atoms with Gasteiger partial charge in [-0.15, -0.1) is 0 Å². The summed E-state index contributed by atoms with van der Waals surface area (Å²) in [6.07, 6.45) is 0.763. The number of aliphatic imine (C=N–C) groups is 1. The van der Waals surface area contributed by atoms with Crippen LogP contribution in [0, 0.1) is 10.1 Å². The van der Waals surface area contributed by atoms with E-state index in [9.17, 15) is 10.1 Å². The molecule has 2 N–H and O–H groups in total. The lowest BCUT2D eigenvalue weighted by molar-refractivity contribution is -0.385. The number of nitro benzene ring substituents is 1. The zero-order valence-corrected chi connectivity index (χ0v) is 17.1. The number of guanidine groups is 1. The first-order valence-electron chi connectivity index (χ1n) is 9.64. The van der Waals surface area contributed by atoms with Gasteiger partial charge in [0.25, 0.3) is 5.69 Å². The lowest BCUT2D eigenvalue weighted by atomic mass is 10.1. The van der Waals surface area contributed by atoms with E-state index in [2.05, 4.69) is 15.6 Å². The molecule has 0 spiro atoms. The molecule has 2 aromatic carbocycles. The van der Waals surface area contributed by atoms with E-state index in [-0.39, 0.29) is 10.6 Å². The van der Waals surface area contributed by atoms with Crippen LogP contribution in [0.5, 0.6) is 11.5 Å². The highest BCUT2D eigenvalue weighted by Crippen LogP contribution is 2.28. The molecule has 0 aliphatic carbocycles. The molecule has 0 heterocycles. The van der Waals surface area contributed by atoms with Gasteiger partial charge in [0.05, 0.1) is 18.1 Å². The van der Waals surface area contributed by atoms with Crippen molar-refractivity contribution >= 4 is 11.6 Å². The van der Waals surface area contributed by atoms with Crippen LogP contribution in [0.25, 0.3) is 0 Å². The average molecular weight is 400 g/mol. The van der Waals surface area contributed by atoms with E-state index >= 15 is 0 Å². The second-order valence-corrected chi connectivity index (χ2v) is 6.14. The average Bonchev–Trinajstić information content (AvgIpc) is 2.72. The number of benzene rings is 2.